The standard InChI is InChI=1S/C28H48N2O/c1-22(2)12-9-13-23(3)14-10-15-24(4)16-11-17-25(5)18-19-30-26(6)20-29-21-28(30,8)27(7)31/h12,14,16,18,26,29H,9-11,13,15,17,19-21H2,1-8H3. The number of rotatable bonds is 12. The molecule has 176 valence electrons. The molecule has 0 bridgehead atoms. The lowest BCUT2D eigenvalue weighted by molar-refractivity contribution is -0.130. The Morgan fingerprint density at radius 1 is 0.871 bits per heavy atom. The maximum Gasteiger partial charge on any atom is 0.151 e. The van der Waals surface area contributed by atoms with Crippen molar-refractivity contribution in [3.63, 3.8) is 0 Å². The zero-order valence-electron chi connectivity index (χ0n) is 21.6. The van der Waals surface area contributed by atoms with Crippen molar-refractivity contribution < 1.29 is 4.79 Å². The van der Waals surface area contributed by atoms with Crippen LogP contribution in [0.15, 0.2) is 46.6 Å². The van der Waals surface area contributed by atoms with Gasteiger partial charge in [0.2, 0.25) is 0 Å². The lowest BCUT2D eigenvalue weighted by atomic mass is 9.90. The van der Waals surface area contributed by atoms with Gasteiger partial charge in [-0.3, -0.25) is 9.69 Å². The summed E-state index contributed by atoms with van der Waals surface area (Å²) in [5.41, 5.74) is 5.41. The Morgan fingerprint density at radius 3 is 1.84 bits per heavy atom. The fourth-order valence-electron chi connectivity index (χ4n) is 4.17. The van der Waals surface area contributed by atoms with Gasteiger partial charge in [-0.05, 0) is 93.9 Å². The van der Waals surface area contributed by atoms with Gasteiger partial charge in [-0.25, -0.2) is 0 Å². The highest BCUT2D eigenvalue weighted by molar-refractivity contribution is 5.86. The molecular weight excluding hydrogens is 380 g/mol. The number of hydrogen-bond acceptors (Lipinski definition) is 3. The fourth-order valence-corrected chi connectivity index (χ4v) is 4.17. The van der Waals surface area contributed by atoms with Gasteiger partial charge in [0.1, 0.15) is 0 Å². The average Bonchev–Trinajstić information content (AvgIpc) is 2.67. The van der Waals surface area contributed by atoms with E-state index in [1.807, 2.05) is 0 Å². The molecule has 0 aliphatic carbocycles. The van der Waals surface area contributed by atoms with Gasteiger partial charge in [-0.15, -0.1) is 0 Å². The third-order valence-electron chi connectivity index (χ3n) is 6.62. The van der Waals surface area contributed by atoms with E-state index in [4.69, 9.17) is 0 Å². The van der Waals surface area contributed by atoms with Crippen molar-refractivity contribution in [3.8, 4) is 0 Å². The van der Waals surface area contributed by atoms with E-state index in [0.29, 0.717) is 6.04 Å². The zero-order chi connectivity index (χ0) is 23.4. The van der Waals surface area contributed by atoms with Crippen molar-refractivity contribution >= 4 is 5.78 Å². The summed E-state index contributed by atoms with van der Waals surface area (Å²) < 4.78 is 0. The van der Waals surface area contributed by atoms with Crippen LogP contribution in [0.1, 0.15) is 93.9 Å². The summed E-state index contributed by atoms with van der Waals surface area (Å²) in [7, 11) is 0. The van der Waals surface area contributed by atoms with Gasteiger partial charge in [-0.2, -0.15) is 0 Å². The predicted octanol–water partition coefficient (Wildman–Crippen LogP) is 6.77. The first-order valence-electron chi connectivity index (χ1n) is 12.1. The van der Waals surface area contributed by atoms with Crippen LogP contribution in [0.3, 0.4) is 0 Å². The third kappa shape index (κ3) is 10.1. The first-order valence-corrected chi connectivity index (χ1v) is 12.1. The van der Waals surface area contributed by atoms with Crippen LogP contribution in [0.2, 0.25) is 0 Å². The van der Waals surface area contributed by atoms with Gasteiger partial charge < -0.3 is 5.32 Å². The van der Waals surface area contributed by atoms with Gasteiger partial charge in [0.15, 0.2) is 5.78 Å². The van der Waals surface area contributed by atoms with Crippen molar-refractivity contribution in [2.75, 3.05) is 19.6 Å². The molecule has 3 nitrogen and oxygen atoms in total. The zero-order valence-corrected chi connectivity index (χ0v) is 21.6. The summed E-state index contributed by atoms with van der Waals surface area (Å²) >= 11 is 0. The third-order valence-corrected chi connectivity index (χ3v) is 6.62. The predicted molar refractivity (Wildman–Crippen MR) is 137 cm³/mol. The average molecular weight is 429 g/mol. The van der Waals surface area contributed by atoms with Gasteiger partial charge in [0.05, 0.1) is 5.54 Å². The van der Waals surface area contributed by atoms with Crippen LogP contribution in [-0.4, -0.2) is 41.9 Å². The van der Waals surface area contributed by atoms with E-state index in [1.165, 1.54) is 28.7 Å². The van der Waals surface area contributed by atoms with Crippen molar-refractivity contribution in [1.29, 1.82) is 0 Å². The van der Waals surface area contributed by atoms with Crippen molar-refractivity contribution in [3.05, 3.63) is 46.6 Å². The first-order chi connectivity index (χ1) is 14.6. The fraction of sp³-hybridized carbons (Fsp3) is 0.679. The molecule has 0 aromatic heterocycles. The van der Waals surface area contributed by atoms with Crippen molar-refractivity contribution in [2.45, 2.75) is 105 Å². The minimum absolute atomic E-state index is 0.248. The van der Waals surface area contributed by atoms with E-state index in [9.17, 15) is 4.79 Å². The molecule has 1 heterocycles. The highest BCUT2D eigenvalue weighted by Crippen LogP contribution is 2.23. The molecule has 31 heavy (non-hydrogen) atoms. The molecule has 2 unspecified atom stereocenters. The monoisotopic (exact) mass is 428 g/mol. The Balaban J connectivity index is 2.44. The van der Waals surface area contributed by atoms with E-state index in [2.05, 4.69) is 83.0 Å². The van der Waals surface area contributed by atoms with Crippen LogP contribution in [0.5, 0.6) is 0 Å². The molecular formula is C28H48N2O. The smallest absolute Gasteiger partial charge is 0.151 e. The van der Waals surface area contributed by atoms with Gasteiger partial charge in [-0.1, -0.05) is 46.6 Å². The SMILES string of the molecule is CC(=O)C1(C)CNCC(C)N1CC=C(C)CCC=C(C)CCC=C(C)CCC=C(C)C. The van der Waals surface area contributed by atoms with E-state index in [-0.39, 0.29) is 5.78 Å². The Kier molecular flexibility index (Phi) is 12.3. The molecule has 1 aliphatic rings. The number of ketones is 1. The van der Waals surface area contributed by atoms with Gasteiger partial charge in [0, 0.05) is 25.7 Å². The number of carbonyl (C=O) groups excluding carboxylic acids is 1. The molecule has 0 spiro atoms. The Bertz CT molecular complexity index is 694. The Labute approximate surface area is 192 Å². The molecule has 1 N–H and O–H groups in total. The number of hydrogen-bond donors (Lipinski definition) is 1. The van der Waals surface area contributed by atoms with E-state index in [0.717, 1.165) is 51.7 Å². The molecule has 1 aliphatic heterocycles. The second-order valence-electron chi connectivity index (χ2n) is 10.0. The van der Waals surface area contributed by atoms with Gasteiger partial charge >= 0.3 is 0 Å². The summed E-state index contributed by atoms with van der Waals surface area (Å²) in [5, 5.41) is 3.41. The molecule has 1 fully saturated rings. The molecule has 0 aromatic carbocycles. The molecule has 0 amide bonds. The Morgan fingerprint density at radius 2 is 1.35 bits per heavy atom. The number of nitrogens with zero attached hydrogens (tertiary/aromatic N) is 1. The number of Topliss-reactive ketones (excluding diaryl/α,β-unsaturated/α-hetero) is 1. The molecule has 3 heteroatoms. The molecule has 0 aromatic rings. The van der Waals surface area contributed by atoms with Crippen LogP contribution in [-0.2, 0) is 4.79 Å². The second kappa shape index (κ2) is 13.9. The molecule has 2 atom stereocenters. The van der Waals surface area contributed by atoms with Crippen molar-refractivity contribution in [1.82, 2.24) is 10.2 Å². The molecule has 1 saturated heterocycles. The van der Waals surface area contributed by atoms with Crippen LogP contribution in [0.4, 0.5) is 0 Å². The van der Waals surface area contributed by atoms with E-state index >= 15 is 0 Å². The minimum Gasteiger partial charge on any atom is -0.313 e. The largest absolute Gasteiger partial charge is 0.313 e. The summed E-state index contributed by atoms with van der Waals surface area (Å²) in [6, 6.07) is 0.368. The molecule has 0 saturated carbocycles. The highest BCUT2D eigenvalue weighted by Gasteiger charge is 2.41. The maximum absolute atomic E-state index is 12.3. The van der Waals surface area contributed by atoms with Crippen LogP contribution in [0, 0.1) is 0 Å². The van der Waals surface area contributed by atoms with E-state index < -0.39 is 5.54 Å². The van der Waals surface area contributed by atoms with E-state index in [1.54, 1.807) is 6.92 Å². The van der Waals surface area contributed by atoms with Gasteiger partial charge in [0.25, 0.3) is 0 Å². The Hall–Kier alpha value is -1.45. The normalized spacial score (nSPS) is 23.7. The second-order valence-corrected chi connectivity index (χ2v) is 10.0. The minimum atomic E-state index is -0.401. The summed E-state index contributed by atoms with van der Waals surface area (Å²) in [4.78, 5) is 14.6. The van der Waals surface area contributed by atoms with Crippen LogP contribution < -0.4 is 5.32 Å². The lowest BCUT2D eigenvalue weighted by Gasteiger charge is -2.47. The van der Waals surface area contributed by atoms with Crippen LogP contribution >= 0.6 is 0 Å². The number of nitrogens with one attached hydrogen (secondary N) is 1. The summed E-state index contributed by atoms with van der Waals surface area (Å²) in [6.45, 7) is 19.6. The topological polar surface area (TPSA) is 32.3 Å². The van der Waals surface area contributed by atoms with Crippen molar-refractivity contribution in [2.24, 2.45) is 0 Å². The van der Waals surface area contributed by atoms with Crippen LogP contribution in [0.25, 0.3) is 0 Å². The quantitative estimate of drug-likeness (QED) is 0.348. The lowest BCUT2D eigenvalue weighted by Crippen LogP contribution is -2.66. The number of carbonyl (C=O) groups is 1. The number of allylic oxidation sites excluding steroid dienone is 7. The molecule has 0 radical (unpaired) electrons. The summed E-state index contributed by atoms with van der Waals surface area (Å²) in [6.07, 6.45) is 16.3. The summed E-state index contributed by atoms with van der Waals surface area (Å²) in [5.74, 6) is 0.248. The number of piperazine rings is 1. The maximum atomic E-state index is 12.3. The molecule has 1 rings (SSSR count). The highest BCUT2D eigenvalue weighted by atomic mass is 16.1. The first kappa shape index (κ1) is 27.6.